The van der Waals surface area contributed by atoms with Crippen molar-refractivity contribution in [3.05, 3.63) is 53.2 Å². The van der Waals surface area contributed by atoms with Gasteiger partial charge in [-0.1, -0.05) is 0 Å². The number of nitrogens with one attached hydrogen (secondary N) is 1. The average molecular weight is 445 g/mol. The van der Waals surface area contributed by atoms with Crippen LogP contribution in [0.2, 0.25) is 0 Å². The van der Waals surface area contributed by atoms with Gasteiger partial charge in [-0.3, -0.25) is 4.79 Å². The highest BCUT2D eigenvalue weighted by Crippen LogP contribution is 2.24. The number of likely N-dealkylation sites (tertiary alicyclic amines) is 1. The molecule has 1 aliphatic heterocycles. The van der Waals surface area contributed by atoms with Crippen molar-refractivity contribution in [1.82, 2.24) is 10.2 Å². The van der Waals surface area contributed by atoms with Gasteiger partial charge in [-0.2, -0.15) is 0 Å². The molecule has 1 aromatic rings. The van der Waals surface area contributed by atoms with E-state index in [4.69, 9.17) is 20.9 Å². The molecule has 0 aliphatic carbocycles. The number of hydrogen-bond donors (Lipinski definition) is 3. The smallest absolute Gasteiger partial charge is 0.251 e. The van der Waals surface area contributed by atoms with Crippen molar-refractivity contribution in [2.45, 2.75) is 59.5 Å². The minimum absolute atomic E-state index is 0.0400. The van der Waals surface area contributed by atoms with E-state index in [9.17, 15) is 4.79 Å². The van der Waals surface area contributed by atoms with Crippen LogP contribution >= 0.6 is 0 Å². The number of ether oxygens (including phenoxy) is 2. The van der Waals surface area contributed by atoms with Gasteiger partial charge in [0, 0.05) is 31.3 Å². The maximum absolute atomic E-state index is 12.0. The van der Waals surface area contributed by atoms with Gasteiger partial charge in [-0.15, -0.1) is 0 Å². The molecule has 5 N–H and O–H groups in total. The van der Waals surface area contributed by atoms with Crippen molar-refractivity contribution in [2.24, 2.45) is 17.4 Å². The summed E-state index contributed by atoms with van der Waals surface area (Å²) in [7, 11) is 0. The van der Waals surface area contributed by atoms with Gasteiger partial charge in [0.2, 0.25) is 0 Å². The van der Waals surface area contributed by atoms with Crippen LogP contribution in [0.5, 0.6) is 5.75 Å². The lowest BCUT2D eigenvalue weighted by atomic mass is 9.92. The average Bonchev–Trinajstić information content (AvgIpc) is 2.75. The first-order valence-corrected chi connectivity index (χ1v) is 11.7. The fourth-order valence-corrected chi connectivity index (χ4v) is 3.86. The number of aryl methyl sites for hydroxylation is 1. The highest BCUT2D eigenvalue weighted by Gasteiger charge is 2.19. The number of carbonyl (C=O) groups is 1. The monoisotopic (exact) mass is 444 g/mol. The van der Waals surface area contributed by atoms with Crippen molar-refractivity contribution in [3.8, 4) is 5.75 Å². The largest absolute Gasteiger partial charge is 0.494 e. The standard InChI is InChI=1S/C25H40N4O3/c1-5-28-25(30)22-9-8-21(17-19(22)4)31-16-6-7-20-12-14-29(15-13-20)23(26)10-11-24(27)32-18(2)3/h8-11,17-18,20H,5-7,12-16,26-27H2,1-4H3,(H,28,30)/b23-10+,24-11+. The van der Waals surface area contributed by atoms with Crippen LogP contribution in [0.25, 0.3) is 0 Å². The van der Waals surface area contributed by atoms with E-state index in [0.717, 1.165) is 55.9 Å². The van der Waals surface area contributed by atoms with Gasteiger partial charge < -0.3 is 31.2 Å². The van der Waals surface area contributed by atoms with Crippen molar-refractivity contribution in [1.29, 1.82) is 0 Å². The zero-order valence-corrected chi connectivity index (χ0v) is 20.0. The highest BCUT2D eigenvalue weighted by molar-refractivity contribution is 5.95. The molecular formula is C25H40N4O3. The van der Waals surface area contributed by atoms with E-state index in [0.29, 0.717) is 30.5 Å². The molecule has 0 atom stereocenters. The number of benzene rings is 1. The molecule has 0 radical (unpaired) electrons. The first kappa shape index (κ1) is 25.4. The molecule has 1 heterocycles. The Bertz CT molecular complexity index is 796. The van der Waals surface area contributed by atoms with E-state index in [1.165, 1.54) is 0 Å². The van der Waals surface area contributed by atoms with Gasteiger partial charge in [0.05, 0.1) is 18.5 Å². The normalized spacial score (nSPS) is 15.7. The molecule has 1 aliphatic rings. The highest BCUT2D eigenvalue weighted by atomic mass is 16.5. The van der Waals surface area contributed by atoms with Crippen molar-refractivity contribution >= 4 is 5.91 Å². The van der Waals surface area contributed by atoms with Crippen LogP contribution < -0.4 is 21.5 Å². The number of amides is 1. The fourth-order valence-electron chi connectivity index (χ4n) is 3.86. The van der Waals surface area contributed by atoms with Crippen molar-refractivity contribution in [3.63, 3.8) is 0 Å². The molecule has 0 saturated carbocycles. The van der Waals surface area contributed by atoms with Gasteiger partial charge in [0.1, 0.15) is 5.75 Å². The quantitative estimate of drug-likeness (QED) is 0.274. The van der Waals surface area contributed by atoms with Crippen LogP contribution in [0.1, 0.15) is 62.4 Å². The fraction of sp³-hybridized carbons (Fsp3) is 0.560. The summed E-state index contributed by atoms with van der Waals surface area (Å²) in [6.07, 6.45) is 8.00. The van der Waals surface area contributed by atoms with Crippen LogP contribution in [-0.4, -0.2) is 43.2 Å². The topological polar surface area (TPSA) is 103 Å². The third-order valence-electron chi connectivity index (χ3n) is 5.58. The summed E-state index contributed by atoms with van der Waals surface area (Å²) in [5, 5.41) is 2.83. The summed E-state index contributed by atoms with van der Waals surface area (Å²) in [5.74, 6) is 2.58. The Kier molecular flexibility index (Phi) is 10.2. The maximum atomic E-state index is 12.0. The number of rotatable bonds is 11. The molecule has 32 heavy (non-hydrogen) atoms. The van der Waals surface area contributed by atoms with Gasteiger partial charge in [0.15, 0.2) is 5.88 Å². The molecule has 1 amide bonds. The summed E-state index contributed by atoms with van der Waals surface area (Å²) in [6.45, 7) is 10.9. The number of piperidine rings is 1. The Labute approximate surface area is 192 Å². The summed E-state index contributed by atoms with van der Waals surface area (Å²) in [5.41, 5.74) is 13.6. The first-order valence-electron chi connectivity index (χ1n) is 11.7. The number of nitrogens with two attached hydrogens (primary N) is 2. The van der Waals surface area contributed by atoms with Gasteiger partial charge in [-0.05, 0) is 89.1 Å². The van der Waals surface area contributed by atoms with E-state index >= 15 is 0 Å². The van der Waals surface area contributed by atoms with E-state index in [-0.39, 0.29) is 12.0 Å². The van der Waals surface area contributed by atoms with Crippen molar-refractivity contribution in [2.75, 3.05) is 26.2 Å². The molecule has 7 heteroatoms. The second-order valence-corrected chi connectivity index (χ2v) is 8.58. The molecular weight excluding hydrogens is 404 g/mol. The lowest BCUT2D eigenvalue weighted by Gasteiger charge is -2.33. The SMILES string of the molecule is CCNC(=O)c1ccc(OCCCC2CCN(/C(N)=C/C=C(\N)OC(C)C)CC2)cc1C. The Balaban J connectivity index is 1.69. The summed E-state index contributed by atoms with van der Waals surface area (Å²) in [4.78, 5) is 14.2. The predicted octanol–water partition coefficient (Wildman–Crippen LogP) is 3.64. The Morgan fingerprint density at radius 2 is 1.97 bits per heavy atom. The third kappa shape index (κ3) is 8.36. The number of nitrogens with zero attached hydrogens (tertiary/aromatic N) is 1. The van der Waals surface area contributed by atoms with Crippen LogP contribution in [0, 0.1) is 12.8 Å². The molecule has 0 unspecified atom stereocenters. The zero-order chi connectivity index (χ0) is 23.5. The summed E-state index contributed by atoms with van der Waals surface area (Å²) >= 11 is 0. The lowest BCUT2D eigenvalue weighted by Crippen LogP contribution is -2.36. The second kappa shape index (κ2) is 12.9. The minimum Gasteiger partial charge on any atom is -0.494 e. The summed E-state index contributed by atoms with van der Waals surface area (Å²) in [6, 6.07) is 5.64. The van der Waals surface area contributed by atoms with E-state index in [1.807, 2.05) is 52.0 Å². The number of hydrogen-bond acceptors (Lipinski definition) is 6. The summed E-state index contributed by atoms with van der Waals surface area (Å²) < 4.78 is 11.3. The van der Waals surface area contributed by atoms with E-state index in [1.54, 1.807) is 6.08 Å². The van der Waals surface area contributed by atoms with Crippen LogP contribution in [0.4, 0.5) is 0 Å². The van der Waals surface area contributed by atoms with Gasteiger partial charge >= 0.3 is 0 Å². The molecule has 7 nitrogen and oxygen atoms in total. The molecule has 1 saturated heterocycles. The van der Waals surface area contributed by atoms with Crippen LogP contribution in [-0.2, 0) is 4.74 Å². The Morgan fingerprint density at radius 1 is 1.25 bits per heavy atom. The van der Waals surface area contributed by atoms with Gasteiger partial charge in [-0.25, -0.2) is 0 Å². The molecule has 0 spiro atoms. The molecule has 178 valence electrons. The predicted molar refractivity (Wildman–Crippen MR) is 129 cm³/mol. The van der Waals surface area contributed by atoms with E-state index < -0.39 is 0 Å². The third-order valence-corrected chi connectivity index (χ3v) is 5.58. The van der Waals surface area contributed by atoms with Crippen molar-refractivity contribution < 1.29 is 14.3 Å². The van der Waals surface area contributed by atoms with Crippen LogP contribution in [0.15, 0.2) is 42.1 Å². The van der Waals surface area contributed by atoms with Gasteiger partial charge in [0.25, 0.3) is 5.91 Å². The number of carbonyl (C=O) groups excluding carboxylic acids is 1. The Hall–Kier alpha value is -2.83. The zero-order valence-electron chi connectivity index (χ0n) is 20.0. The number of allylic oxidation sites excluding steroid dienone is 2. The molecule has 2 rings (SSSR count). The molecule has 0 aromatic heterocycles. The first-order chi connectivity index (χ1) is 15.3. The molecule has 0 bridgehead atoms. The van der Waals surface area contributed by atoms with E-state index in [2.05, 4.69) is 10.2 Å². The molecule has 1 aromatic carbocycles. The van der Waals surface area contributed by atoms with Crippen LogP contribution in [0.3, 0.4) is 0 Å². The molecule has 1 fully saturated rings. The lowest BCUT2D eigenvalue weighted by molar-refractivity contribution is 0.0955. The Morgan fingerprint density at radius 3 is 2.59 bits per heavy atom. The minimum atomic E-state index is -0.0400. The second-order valence-electron chi connectivity index (χ2n) is 8.58. The maximum Gasteiger partial charge on any atom is 0.251 e.